The zero-order chi connectivity index (χ0) is 23.7. The SMILES string of the molecule is C[C@H](NS(=O)(=O)c1ccc2ccccc2c1)C(=O)N1CCN(Cc2ccc3c(c2)OCO3)CC1. The molecule has 1 saturated heterocycles. The van der Waals surface area contributed by atoms with Gasteiger partial charge in [-0.2, -0.15) is 4.72 Å². The number of fused-ring (bicyclic) bond motifs is 2. The van der Waals surface area contributed by atoms with Crippen molar-refractivity contribution in [1.82, 2.24) is 14.5 Å². The summed E-state index contributed by atoms with van der Waals surface area (Å²) in [5, 5.41) is 1.80. The van der Waals surface area contributed by atoms with Crippen LogP contribution in [0.1, 0.15) is 12.5 Å². The molecule has 0 bridgehead atoms. The van der Waals surface area contributed by atoms with Gasteiger partial charge in [0.05, 0.1) is 10.9 Å². The second-order valence-electron chi connectivity index (χ2n) is 8.64. The zero-order valence-electron chi connectivity index (χ0n) is 18.9. The monoisotopic (exact) mass is 481 g/mol. The third-order valence-electron chi connectivity index (χ3n) is 6.26. The van der Waals surface area contributed by atoms with E-state index in [-0.39, 0.29) is 17.6 Å². The van der Waals surface area contributed by atoms with Gasteiger partial charge in [-0.05, 0) is 47.5 Å². The second kappa shape index (κ2) is 9.25. The van der Waals surface area contributed by atoms with E-state index >= 15 is 0 Å². The summed E-state index contributed by atoms with van der Waals surface area (Å²) in [6, 6.07) is 17.6. The molecule has 1 fully saturated rings. The number of benzene rings is 3. The van der Waals surface area contributed by atoms with Crippen LogP contribution in [0.2, 0.25) is 0 Å². The van der Waals surface area contributed by atoms with Crippen molar-refractivity contribution in [2.45, 2.75) is 24.4 Å². The lowest BCUT2D eigenvalue weighted by molar-refractivity contribution is -0.134. The minimum atomic E-state index is -3.82. The molecule has 1 N–H and O–H groups in total. The number of piperazine rings is 1. The predicted octanol–water partition coefficient (Wildman–Crippen LogP) is 2.58. The first-order chi connectivity index (χ1) is 16.4. The second-order valence-corrected chi connectivity index (χ2v) is 10.4. The Morgan fingerprint density at radius 2 is 1.68 bits per heavy atom. The average Bonchev–Trinajstić information content (AvgIpc) is 3.31. The predicted molar refractivity (Wildman–Crippen MR) is 128 cm³/mol. The van der Waals surface area contributed by atoms with Crippen molar-refractivity contribution < 1.29 is 22.7 Å². The molecule has 9 heteroatoms. The lowest BCUT2D eigenvalue weighted by Crippen LogP contribution is -2.53. The maximum atomic E-state index is 13.0. The Kier molecular flexibility index (Phi) is 6.16. The molecule has 178 valence electrons. The average molecular weight is 482 g/mol. The fraction of sp³-hybridized carbons (Fsp3) is 0.320. The van der Waals surface area contributed by atoms with Gasteiger partial charge in [0, 0.05) is 32.7 Å². The highest BCUT2D eigenvalue weighted by atomic mass is 32.2. The Bertz CT molecular complexity index is 1320. The van der Waals surface area contributed by atoms with Gasteiger partial charge in [-0.25, -0.2) is 8.42 Å². The van der Waals surface area contributed by atoms with Gasteiger partial charge in [-0.15, -0.1) is 0 Å². The number of nitrogens with one attached hydrogen (secondary N) is 1. The summed E-state index contributed by atoms with van der Waals surface area (Å²) in [5.74, 6) is 1.31. The van der Waals surface area contributed by atoms with Crippen molar-refractivity contribution in [3.05, 3.63) is 66.2 Å². The molecular formula is C25H27N3O5S. The van der Waals surface area contributed by atoms with Gasteiger partial charge in [0.2, 0.25) is 22.7 Å². The number of carbonyl (C=O) groups is 1. The molecule has 0 unspecified atom stereocenters. The summed E-state index contributed by atoms with van der Waals surface area (Å²) in [6.07, 6.45) is 0. The fourth-order valence-electron chi connectivity index (χ4n) is 4.38. The van der Waals surface area contributed by atoms with E-state index in [2.05, 4.69) is 9.62 Å². The summed E-state index contributed by atoms with van der Waals surface area (Å²) in [6.45, 7) is 5.12. The zero-order valence-corrected chi connectivity index (χ0v) is 19.8. The first kappa shape index (κ1) is 22.6. The quantitative estimate of drug-likeness (QED) is 0.582. The summed E-state index contributed by atoms with van der Waals surface area (Å²) in [7, 11) is -3.82. The normalized spacial score (nSPS) is 17.1. The van der Waals surface area contributed by atoms with Crippen LogP contribution in [-0.2, 0) is 21.4 Å². The molecule has 3 aromatic carbocycles. The summed E-state index contributed by atoms with van der Waals surface area (Å²) < 4.78 is 39.2. The number of hydrogen-bond donors (Lipinski definition) is 1. The van der Waals surface area contributed by atoms with Crippen molar-refractivity contribution in [2.24, 2.45) is 0 Å². The van der Waals surface area contributed by atoms with Crippen LogP contribution in [0.3, 0.4) is 0 Å². The molecule has 0 spiro atoms. The molecule has 34 heavy (non-hydrogen) atoms. The first-order valence-electron chi connectivity index (χ1n) is 11.3. The summed E-state index contributed by atoms with van der Waals surface area (Å²) in [5.41, 5.74) is 1.13. The summed E-state index contributed by atoms with van der Waals surface area (Å²) >= 11 is 0. The highest BCUT2D eigenvalue weighted by molar-refractivity contribution is 7.89. The lowest BCUT2D eigenvalue weighted by atomic mass is 10.1. The number of rotatable bonds is 6. The van der Waals surface area contributed by atoms with Gasteiger partial charge in [-0.3, -0.25) is 9.69 Å². The lowest BCUT2D eigenvalue weighted by Gasteiger charge is -2.36. The molecule has 8 nitrogen and oxygen atoms in total. The number of nitrogens with zero attached hydrogens (tertiary/aromatic N) is 2. The van der Waals surface area contributed by atoms with Gasteiger partial charge >= 0.3 is 0 Å². The van der Waals surface area contributed by atoms with Gasteiger partial charge in [0.15, 0.2) is 11.5 Å². The Hall–Kier alpha value is -3.14. The highest BCUT2D eigenvalue weighted by Gasteiger charge is 2.28. The van der Waals surface area contributed by atoms with Crippen molar-refractivity contribution in [3.63, 3.8) is 0 Å². The number of sulfonamides is 1. The number of ether oxygens (including phenoxy) is 2. The van der Waals surface area contributed by atoms with Crippen LogP contribution in [0.25, 0.3) is 10.8 Å². The van der Waals surface area contributed by atoms with Crippen molar-refractivity contribution in [3.8, 4) is 11.5 Å². The molecule has 0 radical (unpaired) electrons. The minimum Gasteiger partial charge on any atom is -0.454 e. The molecule has 1 amide bonds. The van der Waals surface area contributed by atoms with E-state index in [4.69, 9.17) is 9.47 Å². The van der Waals surface area contributed by atoms with Crippen LogP contribution in [0, 0.1) is 0 Å². The molecule has 0 aromatic heterocycles. The Labute approximate surface area is 199 Å². The van der Waals surface area contributed by atoms with E-state index in [1.54, 1.807) is 30.0 Å². The maximum Gasteiger partial charge on any atom is 0.241 e. The van der Waals surface area contributed by atoms with Crippen molar-refractivity contribution in [1.29, 1.82) is 0 Å². The Balaban J connectivity index is 1.17. The minimum absolute atomic E-state index is 0.152. The third-order valence-corrected chi connectivity index (χ3v) is 7.80. The van der Waals surface area contributed by atoms with Crippen LogP contribution >= 0.6 is 0 Å². The molecule has 0 saturated carbocycles. The van der Waals surface area contributed by atoms with Crippen LogP contribution in [0.5, 0.6) is 11.5 Å². The molecule has 1 atom stereocenters. The van der Waals surface area contributed by atoms with Crippen LogP contribution in [0.4, 0.5) is 0 Å². The fourth-order valence-corrected chi connectivity index (χ4v) is 5.62. The van der Waals surface area contributed by atoms with Crippen LogP contribution in [0.15, 0.2) is 65.6 Å². The number of carbonyl (C=O) groups excluding carboxylic acids is 1. The third kappa shape index (κ3) is 4.72. The molecule has 0 aliphatic carbocycles. The largest absolute Gasteiger partial charge is 0.454 e. The highest BCUT2D eigenvalue weighted by Crippen LogP contribution is 2.32. The number of amides is 1. The first-order valence-corrected chi connectivity index (χ1v) is 12.8. The molecule has 5 rings (SSSR count). The molecule has 2 heterocycles. The van der Waals surface area contributed by atoms with E-state index in [0.29, 0.717) is 26.2 Å². The number of hydrogen-bond acceptors (Lipinski definition) is 6. The van der Waals surface area contributed by atoms with Gasteiger partial charge in [0.1, 0.15) is 0 Å². The standard InChI is InChI=1S/C25H27N3O5S/c1-18(26-34(30,31)22-8-7-20-4-2-3-5-21(20)15-22)25(29)28-12-10-27(11-13-28)16-19-6-9-23-24(14-19)33-17-32-23/h2-9,14-15,18,26H,10-13,16-17H2,1H3/t18-/m0/s1. The van der Waals surface area contributed by atoms with Gasteiger partial charge in [-0.1, -0.05) is 36.4 Å². The van der Waals surface area contributed by atoms with Crippen LogP contribution in [-0.4, -0.2) is 63.1 Å². The van der Waals surface area contributed by atoms with Crippen molar-refractivity contribution in [2.75, 3.05) is 33.0 Å². The van der Waals surface area contributed by atoms with Crippen molar-refractivity contribution >= 4 is 26.7 Å². The topological polar surface area (TPSA) is 88.2 Å². The van der Waals surface area contributed by atoms with Gasteiger partial charge in [0.25, 0.3) is 0 Å². The Morgan fingerprint density at radius 3 is 2.47 bits per heavy atom. The van der Waals surface area contributed by atoms with E-state index in [0.717, 1.165) is 34.4 Å². The van der Waals surface area contributed by atoms with E-state index in [1.165, 1.54) is 0 Å². The Morgan fingerprint density at radius 1 is 0.941 bits per heavy atom. The molecule has 2 aliphatic rings. The van der Waals surface area contributed by atoms with E-state index in [1.807, 2.05) is 42.5 Å². The van der Waals surface area contributed by atoms with Crippen LogP contribution < -0.4 is 14.2 Å². The summed E-state index contributed by atoms with van der Waals surface area (Å²) in [4.78, 5) is 17.1. The molecule has 3 aromatic rings. The van der Waals surface area contributed by atoms with E-state index < -0.39 is 16.1 Å². The smallest absolute Gasteiger partial charge is 0.241 e. The van der Waals surface area contributed by atoms with E-state index in [9.17, 15) is 13.2 Å². The van der Waals surface area contributed by atoms with Gasteiger partial charge < -0.3 is 14.4 Å². The molecular weight excluding hydrogens is 454 g/mol. The maximum absolute atomic E-state index is 13.0. The molecule has 2 aliphatic heterocycles.